The quantitative estimate of drug-likeness (QED) is 0.156. The summed E-state index contributed by atoms with van der Waals surface area (Å²) in [6.45, 7) is 14.4. The molecule has 0 aliphatic carbocycles. The summed E-state index contributed by atoms with van der Waals surface area (Å²) in [5.41, 5.74) is 5.44. The molecule has 4 unspecified atom stereocenters. The highest BCUT2D eigenvalue weighted by Gasteiger charge is 2.34. The lowest BCUT2D eigenvalue weighted by Crippen LogP contribution is -2.49. The van der Waals surface area contributed by atoms with Crippen LogP contribution in [0.15, 0.2) is 12.4 Å². The van der Waals surface area contributed by atoms with E-state index >= 15 is 0 Å². The van der Waals surface area contributed by atoms with E-state index in [2.05, 4.69) is 37.8 Å². The van der Waals surface area contributed by atoms with Gasteiger partial charge in [-0.3, -0.25) is 5.32 Å². The lowest BCUT2D eigenvalue weighted by atomic mass is 9.98. The van der Waals surface area contributed by atoms with Crippen LogP contribution in [-0.4, -0.2) is 53.6 Å². The molecule has 0 rings (SSSR count). The third kappa shape index (κ3) is 7.77. The summed E-state index contributed by atoms with van der Waals surface area (Å²) in [5.74, 6) is 0.907. The van der Waals surface area contributed by atoms with Crippen LogP contribution in [0, 0.1) is 11.8 Å². The Hall–Kier alpha value is -1.11. The predicted molar refractivity (Wildman–Crippen MR) is 91.4 cm³/mol. The zero-order valence-corrected chi connectivity index (χ0v) is 14.5. The first-order valence-electron chi connectivity index (χ1n) is 8.01. The lowest BCUT2D eigenvalue weighted by molar-refractivity contribution is -0.651. The molecule has 0 saturated heterocycles. The molecule has 0 aromatic carbocycles. The molecule has 0 saturated carbocycles. The molecule has 4 atom stereocenters. The summed E-state index contributed by atoms with van der Waals surface area (Å²) in [6, 6.07) is -0.232. The van der Waals surface area contributed by atoms with Crippen molar-refractivity contribution < 1.29 is 14.8 Å². The Labute approximate surface area is 135 Å². The van der Waals surface area contributed by atoms with Gasteiger partial charge in [-0.2, -0.15) is 0 Å². The van der Waals surface area contributed by atoms with Gasteiger partial charge in [0.2, 0.25) is 0 Å². The molecular weight excluding hydrogens is 280 g/mol. The minimum Gasteiger partial charge on any atom is -0.386 e. The van der Waals surface area contributed by atoms with Crippen molar-refractivity contribution in [3.8, 4) is 0 Å². The summed E-state index contributed by atoms with van der Waals surface area (Å²) in [4.78, 5) is 0. The molecule has 0 aromatic heterocycles. The molecule has 0 fully saturated rings. The summed E-state index contributed by atoms with van der Waals surface area (Å²) < 4.78 is 1.63. The van der Waals surface area contributed by atoms with Crippen molar-refractivity contribution >= 4 is 6.72 Å². The Kier molecular flexibility index (Phi) is 10.1. The van der Waals surface area contributed by atoms with E-state index in [9.17, 15) is 10.2 Å². The number of nitrogens with zero attached hydrogens (tertiary/aromatic N) is 1. The van der Waals surface area contributed by atoms with E-state index < -0.39 is 12.5 Å². The van der Waals surface area contributed by atoms with E-state index in [-0.39, 0.29) is 12.0 Å². The maximum Gasteiger partial charge on any atom is 0.257 e. The van der Waals surface area contributed by atoms with Crippen molar-refractivity contribution in [3.63, 3.8) is 0 Å². The van der Waals surface area contributed by atoms with Crippen LogP contribution in [0.5, 0.6) is 0 Å². The third-order valence-corrected chi connectivity index (χ3v) is 3.84. The first-order valence-corrected chi connectivity index (χ1v) is 8.01. The van der Waals surface area contributed by atoms with E-state index in [1.807, 2.05) is 6.92 Å². The number of aliphatic hydroxyl groups is 2. The van der Waals surface area contributed by atoms with Crippen LogP contribution in [0.4, 0.5) is 0 Å². The molecule has 0 radical (unpaired) electrons. The maximum atomic E-state index is 10.5. The molecular formula is C16H35N4O2+. The number of nitrogens with two attached hydrogens (primary N) is 1. The fourth-order valence-electron chi connectivity index (χ4n) is 2.47. The van der Waals surface area contributed by atoms with Crippen molar-refractivity contribution in [2.45, 2.75) is 58.5 Å². The van der Waals surface area contributed by atoms with Crippen LogP contribution in [0.2, 0.25) is 0 Å². The molecule has 0 bridgehead atoms. The topological polar surface area (TPSA) is 93.5 Å². The van der Waals surface area contributed by atoms with Crippen molar-refractivity contribution in [1.82, 2.24) is 10.6 Å². The zero-order valence-electron chi connectivity index (χ0n) is 14.5. The lowest BCUT2D eigenvalue weighted by Gasteiger charge is -2.26. The van der Waals surface area contributed by atoms with Crippen LogP contribution in [0.3, 0.4) is 0 Å². The van der Waals surface area contributed by atoms with Crippen LogP contribution in [-0.2, 0) is 0 Å². The smallest absolute Gasteiger partial charge is 0.257 e. The molecule has 6 N–H and O–H groups in total. The average molecular weight is 315 g/mol. The highest BCUT2D eigenvalue weighted by Crippen LogP contribution is 2.17. The van der Waals surface area contributed by atoms with Crippen molar-refractivity contribution in [3.05, 3.63) is 12.4 Å². The molecule has 22 heavy (non-hydrogen) atoms. The van der Waals surface area contributed by atoms with Gasteiger partial charge in [-0.05, 0) is 25.8 Å². The maximum absolute atomic E-state index is 10.5. The van der Waals surface area contributed by atoms with Crippen molar-refractivity contribution in [2.24, 2.45) is 17.6 Å². The number of rotatable bonds is 12. The highest BCUT2D eigenvalue weighted by atomic mass is 16.3. The van der Waals surface area contributed by atoms with Crippen LogP contribution in [0.1, 0.15) is 40.0 Å². The molecule has 0 aromatic rings. The predicted octanol–water partition coefficient (Wildman–Crippen LogP) is 0.406. The second-order valence-corrected chi connectivity index (χ2v) is 6.43. The molecule has 0 aliphatic rings. The first kappa shape index (κ1) is 20.9. The summed E-state index contributed by atoms with van der Waals surface area (Å²) in [7, 11) is 1.70. The minimum absolute atomic E-state index is 0.0454. The number of likely N-dealkylation sites (N-methyl/N-ethyl adjacent to an activating group) is 1. The van der Waals surface area contributed by atoms with Gasteiger partial charge in [-0.1, -0.05) is 27.4 Å². The number of nitrogens with one attached hydrogen (secondary N) is 2. The molecule has 6 heteroatoms. The van der Waals surface area contributed by atoms with Gasteiger partial charge < -0.3 is 21.3 Å². The normalized spacial score (nSPS) is 16.9. The molecule has 0 amide bonds. The molecule has 0 heterocycles. The summed E-state index contributed by atoms with van der Waals surface area (Å²) in [5, 5.41) is 26.4. The number of hydrogen-bond acceptors (Lipinski definition) is 5. The second-order valence-electron chi connectivity index (χ2n) is 6.43. The monoisotopic (exact) mass is 315 g/mol. The van der Waals surface area contributed by atoms with Gasteiger partial charge in [-0.15, -0.1) is 0 Å². The molecule has 130 valence electrons. The number of aliphatic hydroxyl groups excluding tert-OH is 2. The van der Waals surface area contributed by atoms with Gasteiger partial charge in [-0.25, -0.2) is 4.58 Å². The second kappa shape index (κ2) is 10.6. The SMILES string of the molecule is C=C(N)NCCCC(C)C(O)[N+](=C)C(CC(C)C)C(O)NC. The zero-order chi connectivity index (χ0) is 17.3. The minimum atomic E-state index is -0.719. The summed E-state index contributed by atoms with van der Waals surface area (Å²) >= 11 is 0. The average Bonchev–Trinajstić information content (AvgIpc) is 2.46. The fourth-order valence-corrected chi connectivity index (χ4v) is 2.47. The number of hydrogen-bond donors (Lipinski definition) is 5. The van der Waals surface area contributed by atoms with Gasteiger partial charge >= 0.3 is 0 Å². The van der Waals surface area contributed by atoms with Gasteiger partial charge in [0.05, 0.1) is 5.82 Å². The van der Waals surface area contributed by atoms with E-state index in [0.29, 0.717) is 11.7 Å². The van der Waals surface area contributed by atoms with Gasteiger partial charge in [0.1, 0.15) is 6.72 Å². The van der Waals surface area contributed by atoms with E-state index in [0.717, 1.165) is 25.8 Å². The van der Waals surface area contributed by atoms with Crippen molar-refractivity contribution in [2.75, 3.05) is 13.6 Å². The third-order valence-electron chi connectivity index (χ3n) is 3.84. The Bertz CT molecular complexity index is 347. The van der Waals surface area contributed by atoms with Gasteiger partial charge in [0.25, 0.3) is 6.23 Å². The first-order chi connectivity index (χ1) is 10.2. The summed E-state index contributed by atoms with van der Waals surface area (Å²) in [6.07, 6.45) is 1.05. The molecule has 6 nitrogen and oxygen atoms in total. The molecule has 0 aliphatic heterocycles. The largest absolute Gasteiger partial charge is 0.386 e. The van der Waals surface area contributed by atoms with E-state index in [1.54, 1.807) is 11.6 Å². The van der Waals surface area contributed by atoms with Crippen LogP contribution in [0.25, 0.3) is 0 Å². The van der Waals surface area contributed by atoms with Crippen LogP contribution < -0.4 is 16.4 Å². The Morgan fingerprint density at radius 2 is 1.86 bits per heavy atom. The Morgan fingerprint density at radius 3 is 2.32 bits per heavy atom. The van der Waals surface area contributed by atoms with E-state index in [4.69, 9.17) is 5.73 Å². The van der Waals surface area contributed by atoms with E-state index in [1.165, 1.54) is 0 Å². The molecule has 0 spiro atoms. The van der Waals surface area contributed by atoms with Gasteiger partial charge in [0, 0.05) is 18.9 Å². The van der Waals surface area contributed by atoms with Crippen molar-refractivity contribution in [1.29, 1.82) is 0 Å². The highest BCUT2D eigenvalue weighted by molar-refractivity contribution is 5.15. The Balaban J connectivity index is 4.53. The Morgan fingerprint density at radius 1 is 1.27 bits per heavy atom. The van der Waals surface area contributed by atoms with Gasteiger partial charge in [0.15, 0.2) is 12.3 Å². The fraction of sp³-hybridized carbons (Fsp3) is 0.812. The van der Waals surface area contributed by atoms with Crippen LogP contribution >= 0.6 is 0 Å². The standard InChI is InChI=1S/C16H35N4O2/c1-11(2)10-14(15(21)18-5)20(6)16(22)12(3)8-7-9-19-13(4)17/h11-12,14-16,18-19,21-22H,4,6-10,17H2,1-3,5H3/q+1.